The standard InChI is InChI=1S/C20H25N5O4S/c1-6-28-17(26)15-13-8-7-12-11-22-18(30-5)23-14(12)16(13)25(24-15)10-9-21-19(27)29-20(2,3)4/h7-8,11H,6,9-10H2,1-5H3,(H,21,27). The topological polar surface area (TPSA) is 108 Å². The highest BCUT2D eigenvalue weighted by Gasteiger charge is 2.21. The minimum atomic E-state index is -0.582. The molecule has 0 unspecified atom stereocenters. The summed E-state index contributed by atoms with van der Waals surface area (Å²) in [5, 5.41) is 9.27. The molecule has 9 nitrogen and oxygen atoms in total. The summed E-state index contributed by atoms with van der Waals surface area (Å²) in [4.78, 5) is 33.3. The Morgan fingerprint density at radius 1 is 1.27 bits per heavy atom. The molecule has 0 radical (unpaired) electrons. The Bertz CT molecular complexity index is 1090. The Labute approximate surface area is 178 Å². The van der Waals surface area contributed by atoms with E-state index in [-0.39, 0.29) is 18.8 Å². The highest BCUT2D eigenvalue weighted by Crippen LogP contribution is 2.28. The van der Waals surface area contributed by atoms with E-state index in [1.807, 2.05) is 18.4 Å². The van der Waals surface area contributed by atoms with Crippen molar-refractivity contribution in [1.29, 1.82) is 0 Å². The van der Waals surface area contributed by atoms with Gasteiger partial charge in [-0.05, 0) is 40.0 Å². The van der Waals surface area contributed by atoms with Gasteiger partial charge in [0.2, 0.25) is 0 Å². The van der Waals surface area contributed by atoms with Crippen LogP contribution in [0.15, 0.2) is 23.5 Å². The minimum Gasteiger partial charge on any atom is -0.461 e. The third-order valence-electron chi connectivity index (χ3n) is 4.08. The van der Waals surface area contributed by atoms with Crippen molar-refractivity contribution in [3.05, 3.63) is 24.0 Å². The first-order valence-corrected chi connectivity index (χ1v) is 10.8. The third-order valence-corrected chi connectivity index (χ3v) is 4.64. The molecule has 160 valence electrons. The van der Waals surface area contributed by atoms with Gasteiger partial charge in [-0.15, -0.1) is 0 Å². The second kappa shape index (κ2) is 8.86. The average molecular weight is 432 g/mol. The molecule has 3 aromatic rings. The number of aromatic nitrogens is 4. The molecule has 0 aliphatic carbocycles. The Kier molecular flexibility index (Phi) is 6.45. The lowest BCUT2D eigenvalue weighted by Crippen LogP contribution is -2.34. The number of carbonyl (C=O) groups excluding carboxylic acids is 2. The summed E-state index contributed by atoms with van der Waals surface area (Å²) >= 11 is 1.43. The smallest absolute Gasteiger partial charge is 0.407 e. The fourth-order valence-corrected chi connectivity index (χ4v) is 3.27. The van der Waals surface area contributed by atoms with Gasteiger partial charge in [0.15, 0.2) is 10.9 Å². The number of nitrogens with one attached hydrogen (secondary N) is 1. The maximum atomic E-state index is 12.4. The minimum absolute atomic E-state index is 0.218. The van der Waals surface area contributed by atoms with Crippen LogP contribution in [-0.4, -0.2) is 56.8 Å². The van der Waals surface area contributed by atoms with E-state index in [4.69, 9.17) is 9.47 Å². The highest BCUT2D eigenvalue weighted by molar-refractivity contribution is 7.98. The monoisotopic (exact) mass is 431 g/mol. The van der Waals surface area contributed by atoms with Gasteiger partial charge in [0.1, 0.15) is 11.1 Å². The number of carbonyl (C=O) groups is 2. The molecule has 0 saturated carbocycles. The van der Waals surface area contributed by atoms with E-state index in [0.717, 1.165) is 5.39 Å². The Morgan fingerprint density at radius 2 is 2.03 bits per heavy atom. The van der Waals surface area contributed by atoms with Crippen molar-refractivity contribution < 1.29 is 19.1 Å². The van der Waals surface area contributed by atoms with E-state index < -0.39 is 17.7 Å². The van der Waals surface area contributed by atoms with Crippen LogP contribution in [0.3, 0.4) is 0 Å². The lowest BCUT2D eigenvalue weighted by atomic mass is 10.1. The number of hydrogen-bond donors (Lipinski definition) is 1. The summed E-state index contributed by atoms with van der Waals surface area (Å²) in [7, 11) is 0. The van der Waals surface area contributed by atoms with Gasteiger partial charge in [0.25, 0.3) is 0 Å². The molecule has 0 aliphatic heterocycles. The molecule has 3 rings (SSSR count). The predicted molar refractivity (Wildman–Crippen MR) is 115 cm³/mol. The van der Waals surface area contributed by atoms with Crippen molar-refractivity contribution in [1.82, 2.24) is 25.1 Å². The second-order valence-corrected chi connectivity index (χ2v) is 8.25. The molecule has 10 heteroatoms. The van der Waals surface area contributed by atoms with Gasteiger partial charge in [-0.3, -0.25) is 4.68 Å². The molecule has 0 bridgehead atoms. The van der Waals surface area contributed by atoms with Gasteiger partial charge < -0.3 is 14.8 Å². The molecular weight excluding hydrogens is 406 g/mol. The molecule has 0 aliphatic rings. The summed E-state index contributed by atoms with van der Waals surface area (Å²) in [5.74, 6) is -0.500. The Hall–Kier alpha value is -2.88. The predicted octanol–water partition coefficient (Wildman–Crippen LogP) is 3.40. The van der Waals surface area contributed by atoms with Crippen LogP contribution < -0.4 is 5.32 Å². The number of ether oxygens (including phenoxy) is 2. The third kappa shape index (κ3) is 4.81. The number of amides is 1. The van der Waals surface area contributed by atoms with Gasteiger partial charge in [-0.25, -0.2) is 19.6 Å². The molecule has 30 heavy (non-hydrogen) atoms. The number of fused-ring (bicyclic) bond motifs is 3. The molecule has 0 saturated heterocycles. The number of hydrogen-bond acceptors (Lipinski definition) is 8. The SMILES string of the molecule is CCOC(=O)c1nn(CCNC(=O)OC(C)(C)C)c2c1ccc1cnc(SC)nc12. The van der Waals surface area contributed by atoms with Crippen LogP contribution in [0.1, 0.15) is 38.2 Å². The quantitative estimate of drug-likeness (QED) is 0.359. The van der Waals surface area contributed by atoms with Crippen molar-refractivity contribution in [2.45, 2.75) is 45.0 Å². The first-order valence-electron chi connectivity index (χ1n) is 9.57. The summed E-state index contributed by atoms with van der Waals surface area (Å²) in [5.41, 5.74) is 1.02. The lowest BCUT2D eigenvalue weighted by molar-refractivity contribution is 0.0508. The van der Waals surface area contributed by atoms with Gasteiger partial charge in [0.05, 0.1) is 18.7 Å². The van der Waals surface area contributed by atoms with Crippen molar-refractivity contribution in [3.8, 4) is 0 Å². The molecule has 1 amide bonds. The largest absolute Gasteiger partial charge is 0.461 e. The number of nitrogens with zero attached hydrogens (tertiary/aromatic N) is 4. The van der Waals surface area contributed by atoms with E-state index in [1.54, 1.807) is 38.6 Å². The molecule has 1 N–H and O–H groups in total. The van der Waals surface area contributed by atoms with Crippen LogP contribution in [0.2, 0.25) is 0 Å². The van der Waals surface area contributed by atoms with E-state index in [1.165, 1.54) is 11.8 Å². The van der Waals surface area contributed by atoms with Gasteiger partial charge in [0, 0.05) is 23.5 Å². The van der Waals surface area contributed by atoms with Crippen molar-refractivity contribution in [3.63, 3.8) is 0 Å². The number of alkyl carbamates (subject to hydrolysis) is 1. The van der Waals surface area contributed by atoms with Gasteiger partial charge in [-0.2, -0.15) is 5.10 Å². The van der Waals surface area contributed by atoms with Crippen molar-refractivity contribution in [2.24, 2.45) is 0 Å². The summed E-state index contributed by atoms with van der Waals surface area (Å²) in [6.45, 7) is 7.99. The first kappa shape index (κ1) is 21.8. The van der Waals surface area contributed by atoms with Crippen LogP contribution in [0, 0.1) is 0 Å². The second-order valence-electron chi connectivity index (χ2n) is 7.48. The van der Waals surface area contributed by atoms with Crippen molar-refractivity contribution in [2.75, 3.05) is 19.4 Å². The van der Waals surface area contributed by atoms with Crippen LogP contribution in [-0.2, 0) is 16.0 Å². The zero-order valence-electron chi connectivity index (χ0n) is 17.7. The zero-order valence-corrected chi connectivity index (χ0v) is 18.5. The highest BCUT2D eigenvalue weighted by atomic mass is 32.2. The Morgan fingerprint density at radius 3 is 2.70 bits per heavy atom. The average Bonchev–Trinajstić information content (AvgIpc) is 3.05. The van der Waals surface area contributed by atoms with Crippen LogP contribution >= 0.6 is 11.8 Å². The lowest BCUT2D eigenvalue weighted by Gasteiger charge is -2.19. The number of benzene rings is 1. The van der Waals surface area contributed by atoms with E-state index >= 15 is 0 Å². The summed E-state index contributed by atoms with van der Waals surface area (Å²) in [6.07, 6.45) is 3.13. The summed E-state index contributed by atoms with van der Waals surface area (Å²) < 4.78 is 12.1. The number of esters is 1. The molecule has 2 aromatic heterocycles. The molecule has 1 aromatic carbocycles. The molecular formula is C20H25N5O4S. The van der Waals surface area contributed by atoms with E-state index in [9.17, 15) is 9.59 Å². The maximum Gasteiger partial charge on any atom is 0.407 e. The Balaban J connectivity index is 1.99. The number of rotatable bonds is 6. The fourth-order valence-electron chi connectivity index (χ4n) is 2.93. The molecule has 0 fully saturated rings. The van der Waals surface area contributed by atoms with Gasteiger partial charge in [-0.1, -0.05) is 17.8 Å². The number of thioether (sulfide) groups is 1. The fraction of sp³-hybridized carbons (Fsp3) is 0.450. The van der Waals surface area contributed by atoms with E-state index in [0.29, 0.717) is 28.1 Å². The van der Waals surface area contributed by atoms with Crippen LogP contribution in [0.5, 0.6) is 0 Å². The first-order chi connectivity index (χ1) is 14.2. The normalized spacial score (nSPS) is 11.6. The molecule has 0 atom stereocenters. The van der Waals surface area contributed by atoms with Crippen molar-refractivity contribution >= 4 is 45.6 Å². The van der Waals surface area contributed by atoms with Crippen LogP contribution in [0.25, 0.3) is 21.8 Å². The zero-order chi connectivity index (χ0) is 21.9. The van der Waals surface area contributed by atoms with Crippen LogP contribution in [0.4, 0.5) is 4.79 Å². The molecule has 0 spiro atoms. The summed E-state index contributed by atoms with van der Waals surface area (Å²) in [6, 6.07) is 3.67. The maximum absolute atomic E-state index is 12.4. The van der Waals surface area contributed by atoms with Gasteiger partial charge >= 0.3 is 12.1 Å². The molecule has 2 heterocycles. The van der Waals surface area contributed by atoms with E-state index in [2.05, 4.69) is 20.4 Å².